The van der Waals surface area contributed by atoms with E-state index in [1.807, 2.05) is 48.5 Å². The van der Waals surface area contributed by atoms with E-state index in [0.29, 0.717) is 0 Å². The number of carbonyl (C=O) groups is 2. The zero-order valence-electron chi connectivity index (χ0n) is 14.4. The van der Waals surface area contributed by atoms with Crippen molar-refractivity contribution in [2.24, 2.45) is 0 Å². The molecule has 7 heteroatoms. The number of likely N-dealkylation sites (tertiary alicyclic amines) is 1. The van der Waals surface area contributed by atoms with Gasteiger partial charge >= 0.3 is 12.1 Å². The van der Waals surface area contributed by atoms with Gasteiger partial charge in [-0.2, -0.15) is 0 Å². The molecule has 7 nitrogen and oxygen atoms in total. The maximum Gasteiger partial charge on any atom is 0.410 e. The predicted molar refractivity (Wildman–Crippen MR) is 95.2 cm³/mol. The van der Waals surface area contributed by atoms with E-state index in [1.54, 1.807) is 0 Å². The molecule has 0 radical (unpaired) electrons. The third-order valence-electron chi connectivity index (χ3n) is 5.26. The van der Waals surface area contributed by atoms with Crippen molar-refractivity contribution in [2.45, 2.75) is 24.2 Å². The number of aliphatic carboxylic acids is 1. The fraction of sp³-hybridized carbons (Fsp3) is 0.300. The Labute approximate surface area is 155 Å². The standard InChI is InChI=1S/C20H19NO6/c22-16-9-21(17(18(16)23)19(24)25)20(26)27-10-15-13-7-3-1-5-11(13)12-6-2-4-8-14(12)15/h1-8,15-18,22-23H,9-10H2,(H,24,25)/t16-,17-,18+/m0/s1. The summed E-state index contributed by atoms with van der Waals surface area (Å²) in [5, 5.41) is 28.8. The summed E-state index contributed by atoms with van der Waals surface area (Å²) in [6.07, 6.45) is -3.71. The summed E-state index contributed by atoms with van der Waals surface area (Å²) in [6, 6.07) is 14.2. The van der Waals surface area contributed by atoms with Crippen LogP contribution in [0.1, 0.15) is 17.0 Å². The highest BCUT2D eigenvalue weighted by atomic mass is 16.6. The summed E-state index contributed by atoms with van der Waals surface area (Å²) in [4.78, 5) is 24.7. The van der Waals surface area contributed by atoms with Gasteiger partial charge in [-0.15, -0.1) is 0 Å². The molecule has 27 heavy (non-hydrogen) atoms. The van der Waals surface area contributed by atoms with Gasteiger partial charge in [0, 0.05) is 5.92 Å². The number of aliphatic hydroxyl groups is 2. The predicted octanol–water partition coefficient (Wildman–Crippen LogP) is 1.43. The Morgan fingerprint density at radius 2 is 1.56 bits per heavy atom. The van der Waals surface area contributed by atoms with Crippen LogP contribution in [0, 0.1) is 0 Å². The number of ether oxygens (including phenoxy) is 1. The SMILES string of the molecule is O=C(O)[C@@H]1[C@H](O)[C@@H](O)CN1C(=O)OCC1c2ccccc2-c2ccccc21. The van der Waals surface area contributed by atoms with E-state index in [4.69, 9.17) is 4.74 Å². The van der Waals surface area contributed by atoms with Crippen molar-refractivity contribution in [2.75, 3.05) is 13.2 Å². The topological polar surface area (TPSA) is 107 Å². The molecule has 3 atom stereocenters. The molecule has 1 aliphatic heterocycles. The van der Waals surface area contributed by atoms with Crippen molar-refractivity contribution < 1.29 is 29.6 Å². The molecule has 0 aromatic heterocycles. The second kappa shape index (κ2) is 6.68. The molecule has 1 fully saturated rings. The number of aliphatic hydroxyl groups excluding tert-OH is 2. The van der Waals surface area contributed by atoms with Gasteiger partial charge in [0.05, 0.1) is 6.54 Å². The minimum atomic E-state index is -1.54. The molecule has 1 aliphatic carbocycles. The van der Waals surface area contributed by atoms with Crippen LogP contribution in [0.4, 0.5) is 4.79 Å². The normalized spacial score (nSPS) is 23.8. The number of fused-ring (bicyclic) bond motifs is 3. The average molecular weight is 369 g/mol. The van der Waals surface area contributed by atoms with Crippen molar-refractivity contribution in [3.8, 4) is 11.1 Å². The fourth-order valence-corrected chi connectivity index (χ4v) is 3.96. The minimum absolute atomic E-state index is 0.0435. The zero-order valence-corrected chi connectivity index (χ0v) is 14.4. The van der Waals surface area contributed by atoms with E-state index >= 15 is 0 Å². The molecule has 3 N–H and O–H groups in total. The number of carbonyl (C=O) groups excluding carboxylic acids is 1. The highest BCUT2D eigenvalue weighted by Gasteiger charge is 2.47. The van der Waals surface area contributed by atoms with Crippen molar-refractivity contribution in [3.63, 3.8) is 0 Å². The number of β-amino-alcohol motifs (C(OH)–C–C–N with tert-alkyl or cyclic N) is 1. The fourth-order valence-electron chi connectivity index (χ4n) is 3.96. The molecule has 0 saturated carbocycles. The van der Waals surface area contributed by atoms with E-state index in [2.05, 4.69) is 0 Å². The number of carboxylic acid groups (broad SMARTS) is 1. The lowest BCUT2D eigenvalue weighted by molar-refractivity contribution is -0.145. The highest BCUT2D eigenvalue weighted by Crippen LogP contribution is 2.44. The third kappa shape index (κ3) is 2.85. The van der Waals surface area contributed by atoms with Crippen LogP contribution >= 0.6 is 0 Å². The Balaban J connectivity index is 1.54. The summed E-state index contributed by atoms with van der Waals surface area (Å²) in [6.45, 7) is -0.239. The van der Waals surface area contributed by atoms with Crippen LogP contribution < -0.4 is 0 Å². The Morgan fingerprint density at radius 3 is 2.11 bits per heavy atom. The average Bonchev–Trinajstić information content (AvgIpc) is 3.15. The van der Waals surface area contributed by atoms with E-state index < -0.39 is 30.3 Å². The van der Waals surface area contributed by atoms with E-state index in [-0.39, 0.29) is 19.1 Å². The van der Waals surface area contributed by atoms with Gasteiger partial charge in [0.15, 0.2) is 6.04 Å². The minimum Gasteiger partial charge on any atom is -0.480 e. The van der Waals surface area contributed by atoms with Crippen molar-refractivity contribution >= 4 is 12.1 Å². The lowest BCUT2D eigenvalue weighted by Gasteiger charge is -2.23. The van der Waals surface area contributed by atoms with Gasteiger partial charge in [0.2, 0.25) is 0 Å². The van der Waals surface area contributed by atoms with Gasteiger partial charge in [0.25, 0.3) is 0 Å². The molecule has 140 valence electrons. The Kier molecular flexibility index (Phi) is 4.33. The molecule has 1 amide bonds. The van der Waals surface area contributed by atoms with Gasteiger partial charge in [-0.25, -0.2) is 9.59 Å². The first-order chi connectivity index (χ1) is 13.0. The number of benzene rings is 2. The first-order valence-electron chi connectivity index (χ1n) is 8.69. The molecule has 0 bridgehead atoms. The second-order valence-electron chi connectivity index (χ2n) is 6.80. The molecule has 4 rings (SSSR count). The summed E-state index contributed by atoms with van der Waals surface area (Å²) in [5.74, 6) is -1.53. The maximum atomic E-state index is 12.5. The Hall–Kier alpha value is -2.90. The van der Waals surface area contributed by atoms with Crippen LogP contribution in [0.3, 0.4) is 0 Å². The molecule has 2 aliphatic rings. The van der Waals surface area contributed by atoms with Gasteiger partial charge in [-0.1, -0.05) is 48.5 Å². The van der Waals surface area contributed by atoms with Crippen LogP contribution in [0.15, 0.2) is 48.5 Å². The summed E-state index contributed by atoms with van der Waals surface area (Å²) in [5.41, 5.74) is 4.26. The van der Waals surface area contributed by atoms with Crippen LogP contribution in [-0.2, 0) is 9.53 Å². The summed E-state index contributed by atoms with van der Waals surface area (Å²) < 4.78 is 5.40. The number of amides is 1. The Morgan fingerprint density at radius 1 is 1.00 bits per heavy atom. The van der Waals surface area contributed by atoms with Gasteiger partial charge in [0.1, 0.15) is 18.8 Å². The van der Waals surface area contributed by atoms with Crippen LogP contribution in [-0.4, -0.2) is 63.7 Å². The van der Waals surface area contributed by atoms with Gasteiger partial charge in [-0.3, -0.25) is 4.90 Å². The summed E-state index contributed by atoms with van der Waals surface area (Å²) in [7, 11) is 0. The first-order valence-corrected chi connectivity index (χ1v) is 8.69. The largest absolute Gasteiger partial charge is 0.480 e. The van der Waals surface area contributed by atoms with Crippen molar-refractivity contribution in [1.29, 1.82) is 0 Å². The Bertz CT molecular complexity index is 852. The molecule has 1 saturated heterocycles. The van der Waals surface area contributed by atoms with Gasteiger partial charge in [-0.05, 0) is 22.3 Å². The van der Waals surface area contributed by atoms with E-state index in [9.17, 15) is 24.9 Å². The number of rotatable bonds is 3. The van der Waals surface area contributed by atoms with Crippen molar-refractivity contribution in [1.82, 2.24) is 4.90 Å². The third-order valence-corrected chi connectivity index (χ3v) is 5.26. The quantitative estimate of drug-likeness (QED) is 0.755. The lowest BCUT2D eigenvalue weighted by atomic mass is 9.98. The number of nitrogens with zero attached hydrogens (tertiary/aromatic N) is 1. The van der Waals surface area contributed by atoms with E-state index in [1.165, 1.54) is 0 Å². The van der Waals surface area contributed by atoms with Gasteiger partial charge < -0.3 is 20.1 Å². The first kappa shape index (κ1) is 17.5. The van der Waals surface area contributed by atoms with E-state index in [0.717, 1.165) is 27.2 Å². The lowest BCUT2D eigenvalue weighted by Crippen LogP contribution is -2.45. The molecule has 2 aromatic rings. The molecular weight excluding hydrogens is 350 g/mol. The molecular formula is C20H19NO6. The zero-order chi connectivity index (χ0) is 19.1. The highest BCUT2D eigenvalue weighted by molar-refractivity contribution is 5.82. The van der Waals surface area contributed by atoms with Crippen LogP contribution in [0.25, 0.3) is 11.1 Å². The van der Waals surface area contributed by atoms with Crippen molar-refractivity contribution in [3.05, 3.63) is 59.7 Å². The van der Waals surface area contributed by atoms with Crippen LogP contribution in [0.2, 0.25) is 0 Å². The molecule has 1 heterocycles. The molecule has 2 aromatic carbocycles. The molecule has 0 unspecified atom stereocenters. The smallest absolute Gasteiger partial charge is 0.410 e. The second-order valence-corrected chi connectivity index (χ2v) is 6.80. The maximum absolute atomic E-state index is 12.5. The summed E-state index contributed by atoms with van der Waals surface area (Å²) >= 11 is 0. The number of hydrogen-bond donors (Lipinski definition) is 3. The van der Waals surface area contributed by atoms with Crippen LogP contribution in [0.5, 0.6) is 0 Å². The number of hydrogen-bond acceptors (Lipinski definition) is 5. The number of carboxylic acids is 1. The molecule has 0 spiro atoms. The monoisotopic (exact) mass is 369 g/mol.